The van der Waals surface area contributed by atoms with Gasteiger partial charge in [0.05, 0.1) is 42.3 Å². The third kappa shape index (κ3) is 7.69. The molecule has 3 aromatic rings. The number of nitrogens with one attached hydrogen (secondary N) is 2. The monoisotopic (exact) mass is 830 g/mol. The lowest BCUT2D eigenvalue weighted by Crippen LogP contribution is -2.59. The molecule has 2 N–H and O–H groups in total. The van der Waals surface area contributed by atoms with Crippen molar-refractivity contribution in [3.63, 3.8) is 0 Å². The number of carbonyl (C=O) groups is 3. The SMILES string of the molecule is CC[C@@H]1C[C@]1(NC(=O)[C@@H]1C[C@@H](Oc2cc(-c3nc(C(C)C)cs3)nc3c(Cl)c(OCCN4CCOCC4)ccc23)[C@H]2COCC(=O)N21)C(=O)NS(=O)(=O)C1CC1. The van der Waals surface area contributed by atoms with Gasteiger partial charge in [0.15, 0.2) is 0 Å². The standard InChI is InChI=1S/C38H47ClN6O9S2/c1-4-22-17-38(22,37(48)43-56(49,50)23-5-6-23)42-35(47)27-16-31(28-18-52-19-32(46)45(27)28)54-30-15-25(36-41-26(20-55-36)21(2)3)40-34-24(30)7-8-29(33(34)39)53-14-11-44-9-12-51-13-10-44/h7-8,15,20-23,27-28,31H,4-6,9-14,16-19H2,1-3H3,(H,42,47)(H,43,48)/t22-,27+,28-,31-,38-/m1/s1. The predicted octanol–water partition coefficient (Wildman–Crippen LogP) is 3.49. The summed E-state index contributed by atoms with van der Waals surface area (Å²) in [5.41, 5.74) is 0.550. The third-order valence-corrected chi connectivity index (χ3v) is 14.5. The average Bonchev–Trinajstić information content (AvgIpc) is 4.07. The van der Waals surface area contributed by atoms with Gasteiger partial charge in [0.2, 0.25) is 21.8 Å². The molecule has 2 saturated carbocycles. The van der Waals surface area contributed by atoms with E-state index in [1.807, 2.05) is 18.4 Å². The second kappa shape index (κ2) is 15.6. The summed E-state index contributed by atoms with van der Waals surface area (Å²) in [4.78, 5) is 54.6. The molecule has 0 radical (unpaired) electrons. The van der Waals surface area contributed by atoms with E-state index in [1.54, 1.807) is 12.1 Å². The van der Waals surface area contributed by atoms with Crippen LogP contribution in [0.25, 0.3) is 21.6 Å². The number of nitrogens with zero attached hydrogens (tertiary/aromatic N) is 4. The number of ether oxygens (including phenoxy) is 4. The minimum atomic E-state index is -3.83. The summed E-state index contributed by atoms with van der Waals surface area (Å²) in [6, 6.07) is 3.83. The fraction of sp³-hybridized carbons (Fsp3) is 0.605. The van der Waals surface area contributed by atoms with Gasteiger partial charge < -0.3 is 29.2 Å². The van der Waals surface area contributed by atoms with Gasteiger partial charge in [0, 0.05) is 42.9 Å². The van der Waals surface area contributed by atoms with E-state index in [-0.39, 0.29) is 37.4 Å². The number of thiazole rings is 1. The van der Waals surface area contributed by atoms with Crippen LogP contribution in [0, 0.1) is 5.92 Å². The van der Waals surface area contributed by atoms with Gasteiger partial charge in [-0.2, -0.15) is 0 Å². The molecule has 0 unspecified atom stereocenters. The van der Waals surface area contributed by atoms with Crippen molar-refractivity contribution in [2.75, 3.05) is 52.7 Å². The van der Waals surface area contributed by atoms with Gasteiger partial charge in [-0.3, -0.25) is 24.0 Å². The van der Waals surface area contributed by atoms with Gasteiger partial charge in [0.1, 0.15) is 58.1 Å². The Morgan fingerprint density at radius 1 is 1.14 bits per heavy atom. The molecule has 2 aliphatic carbocycles. The van der Waals surface area contributed by atoms with Crippen LogP contribution in [-0.4, -0.2) is 128 Å². The zero-order chi connectivity index (χ0) is 39.4. The van der Waals surface area contributed by atoms with E-state index in [0.29, 0.717) is 83.6 Å². The lowest BCUT2D eigenvalue weighted by atomic mass is 10.1. The maximum atomic E-state index is 14.2. The molecule has 5 fully saturated rings. The van der Waals surface area contributed by atoms with Crippen LogP contribution in [0.4, 0.5) is 0 Å². The summed E-state index contributed by atoms with van der Waals surface area (Å²) in [6.07, 6.45) is 1.26. The lowest BCUT2D eigenvalue weighted by Gasteiger charge is -2.35. The minimum Gasteiger partial charge on any atom is -0.491 e. The first-order valence-corrected chi connectivity index (χ1v) is 22.1. The molecule has 5 aliphatic rings. The third-order valence-electron chi connectivity index (χ3n) is 11.5. The molecule has 3 saturated heterocycles. The molecule has 0 spiro atoms. The molecule has 1 aromatic carbocycles. The number of hydrogen-bond donors (Lipinski definition) is 2. The van der Waals surface area contributed by atoms with E-state index in [0.717, 1.165) is 25.3 Å². The van der Waals surface area contributed by atoms with Crippen molar-refractivity contribution in [3.05, 3.63) is 34.3 Å². The summed E-state index contributed by atoms with van der Waals surface area (Å²) >= 11 is 8.51. The molecule has 302 valence electrons. The van der Waals surface area contributed by atoms with E-state index >= 15 is 0 Å². The lowest BCUT2D eigenvalue weighted by molar-refractivity contribution is -0.153. The molecule has 5 atom stereocenters. The maximum Gasteiger partial charge on any atom is 0.259 e. The fourth-order valence-electron chi connectivity index (χ4n) is 7.91. The molecule has 2 aromatic heterocycles. The zero-order valence-electron chi connectivity index (χ0n) is 31.6. The van der Waals surface area contributed by atoms with Crippen LogP contribution in [0.15, 0.2) is 23.6 Å². The van der Waals surface area contributed by atoms with Crippen LogP contribution in [0.2, 0.25) is 5.02 Å². The minimum absolute atomic E-state index is 0.102. The predicted molar refractivity (Wildman–Crippen MR) is 208 cm³/mol. The molecule has 3 amide bonds. The summed E-state index contributed by atoms with van der Waals surface area (Å²) < 4.78 is 51.7. The summed E-state index contributed by atoms with van der Waals surface area (Å²) in [5, 5.41) is 5.91. The van der Waals surface area contributed by atoms with Crippen LogP contribution >= 0.6 is 22.9 Å². The smallest absolute Gasteiger partial charge is 0.259 e. The Hall–Kier alpha value is -3.61. The van der Waals surface area contributed by atoms with Gasteiger partial charge >= 0.3 is 0 Å². The van der Waals surface area contributed by atoms with Crippen LogP contribution in [0.5, 0.6) is 11.5 Å². The van der Waals surface area contributed by atoms with Crippen molar-refractivity contribution in [1.29, 1.82) is 0 Å². The van der Waals surface area contributed by atoms with Crippen molar-refractivity contribution >= 4 is 61.6 Å². The second-order valence-corrected chi connectivity index (χ2v) is 18.7. The van der Waals surface area contributed by atoms with Crippen LogP contribution in [0.1, 0.15) is 64.5 Å². The number of benzene rings is 1. The summed E-state index contributed by atoms with van der Waals surface area (Å²) in [5.74, 6) is -0.778. The number of morpholine rings is 2. The zero-order valence-corrected chi connectivity index (χ0v) is 34.0. The maximum absolute atomic E-state index is 14.2. The number of carbonyl (C=O) groups excluding carboxylic acids is 3. The highest BCUT2D eigenvalue weighted by atomic mass is 35.5. The molecule has 18 heteroatoms. The molecular weight excluding hydrogens is 784 g/mol. The van der Waals surface area contributed by atoms with E-state index in [9.17, 15) is 22.8 Å². The van der Waals surface area contributed by atoms with Crippen molar-refractivity contribution < 1.29 is 41.7 Å². The highest BCUT2D eigenvalue weighted by molar-refractivity contribution is 7.91. The van der Waals surface area contributed by atoms with E-state index in [2.05, 4.69) is 28.8 Å². The second-order valence-electron chi connectivity index (χ2n) is 15.6. The molecule has 15 nitrogen and oxygen atoms in total. The topological polar surface area (TPSA) is 179 Å². The molecule has 5 heterocycles. The Balaban J connectivity index is 1.08. The molecule has 0 bridgehead atoms. The molecule has 56 heavy (non-hydrogen) atoms. The van der Waals surface area contributed by atoms with E-state index in [4.69, 9.17) is 40.5 Å². The van der Waals surface area contributed by atoms with Crippen molar-refractivity contribution in [3.8, 4) is 22.2 Å². The van der Waals surface area contributed by atoms with Crippen molar-refractivity contribution in [2.24, 2.45) is 5.92 Å². The van der Waals surface area contributed by atoms with Gasteiger partial charge in [0.25, 0.3) is 5.91 Å². The largest absolute Gasteiger partial charge is 0.491 e. The first kappa shape index (κ1) is 39.2. The molecule has 3 aliphatic heterocycles. The fourth-order valence-corrected chi connectivity index (χ4v) is 10.5. The van der Waals surface area contributed by atoms with E-state index < -0.39 is 50.8 Å². The molecule has 8 rings (SSSR count). The Morgan fingerprint density at radius 2 is 1.93 bits per heavy atom. The Bertz CT molecular complexity index is 2120. The van der Waals surface area contributed by atoms with Gasteiger partial charge in [-0.1, -0.05) is 38.8 Å². The number of halogens is 1. The van der Waals surface area contributed by atoms with Crippen molar-refractivity contribution in [1.82, 2.24) is 29.8 Å². The van der Waals surface area contributed by atoms with Gasteiger partial charge in [-0.05, 0) is 43.2 Å². The average molecular weight is 831 g/mol. The summed E-state index contributed by atoms with van der Waals surface area (Å²) in [6.45, 7) is 10.2. The summed E-state index contributed by atoms with van der Waals surface area (Å²) in [7, 11) is -3.83. The van der Waals surface area contributed by atoms with Gasteiger partial charge in [-0.25, -0.2) is 18.4 Å². The number of pyridine rings is 1. The first-order chi connectivity index (χ1) is 26.9. The number of sulfonamides is 1. The number of hydrogen-bond acceptors (Lipinski definition) is 13. The molecular formula is C38H47ClN6O9S2. The van der Waals surface area contributed by atoms with Crippen LogP contribution < -0.4 is 19.5 Å². The van der Waals surface area contributed by atoms with Crippen LogP contribution in [-0.2, 0) is 33.9 Å². The van der Waals surface area contributed by atoms with E-state index in [1.165, 1.54) is 16.2 Å². The normalized spacial score (nSPS) is 26.7. The first-order valence-electron chi connectivity index (χ1n) is 19.3. The van der Waals surface area contributed by atoms with Crippen molar-refractivity contribution in [2.45, 2.75) is 87.8 Å². The highest BCUT2D eigenvalue weighted by Crippen LogP contribution is 2.47. The number of fused-ring (bicyclic) bond motifs is 2. The Morgan fingerprint density at radius 3 is 2.62 bits per heavy atom. The van der Waals surface area contributed by atoms with Gasteiger partial charge in [-0.15, -0.1) is 11.3 Å². The highest BCUT2D eigenvalue weighted by Gasteiger charge is 2.62. The number of rotatable bonds is 14. The number of aromatic nitrogens is 2. The van der Waals surface area contributed by atoms with Crippen LogP contribution in [0.3, 0.4) is 0 Å². The quantitative estimate of drug-likeness (QED) is 0.242. The Kier molecular flexibility index (Phi) is 10.9. The Labute approximate surface area is 334 Å². The number of amides is 3.